The maximum atomic E-state index is 4.46. The molecule has 0 spiro atoms. The number of halogens is 1. The van der Waals surface area contributed by atoms with Crippen LogP contribution in [0, 0.1) is 0 Å². The first kappa shape index (κ1) is 15.6. The number of likely N-dealkylation sites (N-methyl/N-ethyl adjacent to an activating group) is 1. The SMILES string of the molecule is CCNC(c1csnn1)c1c(Br)cnn1CCN(C)C. The van der Waals surface area contributed by atoms with Crippen molar-refractivity contribution in [1.82, 2.24) is 29.6 Å². The lowest BCUT2D eigenvalue weighted by Gasteiger charge is -2.19. The Morgan fingerprint density at radius 3 is 2.90 bits per heavy atom. The van der Waals surface area contributed by atoms with Crippen LogP contribution in [0.1, 0.15) is 24.4 Å². The summed E-state index contributed by atoms with van der Waals surface area (Å²) in [6.07, 6.45) is 1.84. The molecule has 0 aliphatic carbocycles. The quantitative estimate of drug-likeness (QED) is 0.816. The first-order valence-corrected chi connectivity index (χ1v) is 8.12. The number of nitrogens with one attached hydrogen (secondary N) is 1. The molecule has 2 heterocycles. The van der Waals surface area contributed by atoms with Crippen molar-refractivity contribution < 1.29 is 0 Å². The van der Waals surface area contributed by atoms with E-state index in [0.29, 0.717) is 0 Å². The second-order valence-corrected chi connectivity index (χ2v) is 6.19. The van der Waals surface area contributed by atoms with E-state index >= 15 is 0 Å². The van der Waals surface area contributed by atoms with E-state index in [0.717, 1.165) is 35.5 Å². The molecule has 0 bridgehead atoms. The molecule has 0 fully saturated rings. The Bertz CT molecular complexity index is 524. The maximum Gasteiger partial charge on any atom is 0.0986 e. The summed E-state index contributed by atoms with van der Waals surface area (Å²) < 4.78 is 6.99. The average Bonchev–Trinajstić information content (AvgIpc) is 3.04. The molecule has 0 amide bonds. The van der Waals surface area contributed by atoms with Gasteiger partial charge in [0.15, 0.2) is 0 Å². The Morgan fingerprint density at radius 2 is 2.30 bits per heavy atom. The highest BCUT2D eigenvalue weighted by atomic mass is 79.9. The zero-order valence-corrected chi connectivity index (χ0v) is 14.3. The number of hydrogen-bond acceptors (Lipinski definition) is 6. The molecule has 110 valence electrons. The predicted octanol–water partition coefficient (Wildman–Crippen LogP) is 1.76. The summed E-state index contributed by atoms with van der Waals surface area (Å²) >= 11 is 4.97. The van der Waals surface area contributed by atoms with Gasteiger partial charge in [-0.2, -0.15) is 5.10 Å². The summed E-state index contributed by atoms with van der Waals surface area (Å²) in [7, 11) is 4.12. The molecule has 0 aliphatic heterocycles. The van der Waals surface area contributed by atoms with Crippen LogP contribution in [0.4, 0.5) is 0 Å². The Labute approximate surface area is 131 Å². The summed E-state index contributed by atoms with van der Waals surface area (Å²) in [5.41, 5.74) is 2.03. The fourth-order valence-electron chi connectivity index (χ4n) is 1.97. The first-order chi connectivity index (χ1) is 9.63. The molecule has 2 rings (SSSR count). The monoisotopic (exact) mass is 358 g/mol. The zero-order valence-electron chi connectivity index (χ0n) is 11.9. The fraction of sp³-hybridized carbons (Fsp3) is 0.583. The summed E-state index contributed by atoms with van der Waals surface area (Å²) in [5, 5.41) is 14.1. The lowest BCUT2D eigenvalue weighted by molar-refractivity contribution is 0.365. The van der Waals surface area contributed by atoms with Crippen LogP contribution in [0.5, 0.6) is 0 Å². The summed E-state index contributed by atoms with van der Waals surface area (Å²) in [5.74, 6) is 0. The third-order valence-electron chi connectivity index (χ3n) is 2.95. The Kier molecular flexibility index (Phi) is 5.64. The van der Waals surface area contributed by atoms with Gasteiger partial charge in [0.05, 0.1) is 34.6 Å². The Morgan fingerprint density at radius 1 is 1.50 bits per heavy atom. The average molecular weight is 359 g/mol. The van der Waals surface area contributed by atoms with Gasteiger partial charge in [-0.25, -0.2) is 0 Å². The number of rotatable bonds is 7. The minimum Gasteiger partial charge on any atom is -0.308 e. The highest BCUT2D eigenvalue weighted by Crippen LogP contribution is 2.28. The summed E-state index contributed by atoms with van der Waals surface area (Å²) in [4.78, 5) is 2.14. The van der Waals surface area contributed by atoms with Crippen LogP contribution in [0.25, 0.3) is 0 Å². The van der Waals surface area contributed by atoms with Gasteiger partial charge in [-0.05, 0) is 48.1 Å². The van der Waals surface area contributed by atoms with E-state index in [2.05, 4.69) is 61.9 Å². The van der Waals surface area contributed by atoms with E-state index in [1.165, 1.54) is 11.5 Å². The molecule has 0 saturated heterocycles. The van der Waals surface area contributed by atoms with Crippen molar-refractivity contribution in [1.29, 1.82) is 0 Å². The predicted molar refractivity (Wildman–Crippen MR) is 83.9 cm³/mol. The van der Waals surface area contributed by atoms with Gasteiger partial charge in [-0.1, -0.05) is 11.4 Å². The number of hydrogen-bond donors (Lipinski definition) is 1. The Hall–Kier alpha value is -0.830. The minimum atomic E-state index is 0.0118. The van der Waals surface area contributed by atoms with Gasteiger partial charge < -0.3 is 10.2 Å². The lowest BCUT2D eigenvalue weighted by atomic mass is 10.1. The van der Waals surface area contributed by atoms with Crippen LogP contribution in [-0.2, 0) is 6.54 Å². The molecule has 2 aromatic heterocycles. The molecule has 1 atom stereocenters. The third-order valence-corrected chi connectivity index (χ3v) is 4.08. The smallest absolute Gasteiger partial charge is 0.0986 e. The molecular formula is C12H19BrN6S. The minimum absolute atomic E-state index is 0.0118. The van der Waals surface area contributed by atoms with Crippen LogP contribution < -0.4 is 5.32 Å². The highest BCUT2D eigenvalue weighted by Gasteiger charge is 2.23. The van der Waals surface area contributed by atoms with Crippen LogP contribution in [0.2, 0.25) is 0 Å². The van der Waals surface area contributed by atoms with Crippen molar-refractivity contribution in [2.24, 2.45) is 0 Å². The van der Waals surface area contributed by atoms with Crippen molar-refractivity contribution >= 4 is 27.5 Å². The lowest BCUT2D eigenvalue weighted by Crippen LogP contribution is -2.27. The van der Waals surface area contributed by atoms with Gasteiger partial charge in [0.2, 0.25) is 0 Å². The normalized spacial score (nSPS) is 13.1. The first-order valence-electron chi connectivity index (χ1n) is 6.49. The molecule has 2 aromatic rings. The van der Waals surface area contributed by atoms with E-state index in [9.17, 15) is 0 Å². The van der Waals surface area contributed by atoms with Crippen molar-refractivity contribution in [3.8, 4) is 0 Å². The van der Waals surface area contributed by atoms with Gasteiger partial charge in [0.1, 0.15) is 0 Å². The molecule has 20 heavy (non-hydrogen) atoms. The molecule has 8 heteroatoms. The molecule has 1 N–H and O–H groups in total. The van der Waals surface area contributed by atoms with Gasteiger partial charge in [-0.15, -0.1) is 5.10 Å². The second-order valence-electron chi connectivity index (χ2n) is 4.72. The number of aromatic nitrogens is 4. The van der Waals surface area contributed by atoms with E-state index in [1.807, 2.05) is 16.3 Å². The van der Waals surface area contributed by atoms with Gasteiger partial charge in [0, 0.05) is 11.9 Å². The van der Waals surface area contributed by atoms with Crippen molar-refractivity contribution in [3.63, 3.8) is 0 Å². The standard InChI is InChI=1S/C12H19BrN6S/c1-4-14-11(10-8-20-17-16-10)12-9(13)7-15-19(12)6-5-18(2)3/h7-8,11,14H,4-6H2,1-3H3. The second kappa shape index (κ2) is 7.26. The summed E-state index contributed by atoms with van der Waals surface area (Å²) in [6.45, 7) is 4.72. The highest BCUT2D eigenvalue weighted by molar-refractivity contribution is 9.10. The fourth-order valence-corrected chi connectivity index (χ4v) is 2.98. The van der Waals surface area contributed by atoms with Gasteiger partial charge in [-0.3, -0.25) is 4.68 Å². The van der Waals surface area contributed by atoms with E-state index < -0.39 is 0 Å². The maximum absolute atomic E-state index is 4.46. The van der Waals surface area contributed by atoms with Crippen molar-refractivity contribution in [2.45, 2.75) is 19.5 Å². The zero-order chi connectivity index (χ0) is 14.5. The number of nitrogens with zero attached hydrogens (tertiary/aromatic N) is 5. The molecule has 0 radical (unpaired) electrons. The molecular weight excluding hydrogens is 340 g/mol. The van der Waals surface area contributed by atoms with Crippen molar-refractivity contribution in [3.05, 3.63) is 27.4 Å². The molecule has 0 aliphatic rings. The molecule has 1 unspecified atom stereocenters. The summed E-state index contributed by atoms with van der Waals surface area (Å²) in [6, 6.07) is 0.0118. The van der Waals surface area contributed by atoms with E-state index in [-0.39, 0.29) is 6.04 Å². The molecule has 6 nitrogen and oxygen atoms in total. The van der Waals surface area contributed by atoms with E-state index in [4.69, 9.17) is 0 Å². The molecule has 0 aromatic carbocycles. The largest absolute Gasteiger partial charge is 0.308 e. The molecule has 0 saturated carbocycles. The van der Waals surface area contributed by atoms with Crippen LogP contribution in [-0.4, -0.2) is 51.5 Å². The topological polar surface area (TPSA) is 58.9 Å². The van der Waals surface area contributed by atoms with Crippen LogP contribution >= 0.6 is 27.5 Å². The van der Waals surface area contributed by atoms with E-state index in [1.54, 1.807) is 0 Å². The van der Waals surface area contributed by atoms with Crippen LogP contribution in [0.3, 0.4) is 0 Å². The van der Waals surface area contributed by atoms with Gasteiger partial charge >= 0.3 is 0 Å². The Balaban J connectivity index is 2.30. The van der Waals surface area contributed by atoms with Crippen LogP contribution in [0.15, 0.2) is 16.0 Å². The third kappa shape index (κ3) is 3.63. The van der Waals surface area contributed by atoms with Crippen molar-refractivity contribution in [2.75, 3.05) is 27.2 Å². The van der Waals surface area contributed by atoms with Gasteiger partial charge in [0.25, 0.3) is 0 Å².